The summed E-state index contributed by atoms with van der Waals surface area (Å²) in [6, 6.07) is 5.48. The van der Waals surface area contributed by atoms with Crippen LogP contribution in [0.1, 0.15) is 25.2 Å². The van der Waals surface area contributed by atoms with Gasteiger partial charge in [-0.25, -0.2) is 9.97 Å². The van der Waals surface area contributed by atoms with E-state index in [1.807, 2.05) is 19.9 Å². The number of carbonyl (C=O) groups is 1. The van der Waals surface area contributed by atoms with E-state index in [1.54, 1.807) is 36.9 Å². The van der Waals surface area contributed by atoms with Gasteiger partial charge in [-0.05, 0) is 32.0 Å². The van der Waals surface area contributed by atoms with Crippen molar-refractivity contribution in [1.82, 2.24) is 19.9 Å². The molecule has 0 saturated carbocycles. The number of halogens is 1. The van der Waals surface area contributed by atoms with Gasteiger partial charge in [-0.15, -0.1) is 0 Å². The second kappa shape index (κ2) is 6.59. The molecule has 1 amide bonds. The molecule has 0 spiro atoms. The molecular formula is C19H17ClN6O. The number of carbonyl (C=O) groups excluding carboxylic acids is 1. The van der Waals surface area contributed by atoms with E-state index in [2.05, 4.69) is 30.6 Å². The first-order valence-corrected chi connectivity index (χ1v) is 8.80. The molecule has 0 bridgehead atoms. The maximum Gasteiger partial charge on any atom is 0.230 e. The summed E-state index contributed by atoms with van der Waals surface area (Å²) >= 11 is 6.26. The van der Waals surface area contributed by atoms with Gasteiger partial charge in [0.2, 0.25) is 11.9 Å². The Bertz CT molecular complexity index is 1020. The zero-order valence-electron chi connectivity index (χ0n) is 14.8. The van der Waals surface area contributed by atoms with E-state index in [9.17, 15) is 4.79 Å². The van der Waals surface area contributed by atoms with Crippen molar-refractivity contribution in [3.8, 4) is 11.1 Å². The molecule has 0 atom stereocenters. The monoisotopic (exact) mass is 380 g/mol. The van der Waals surface area contributed by atoms with E-state index in [1.165, 1.54) is 0 Å². The molecule has 0 radical (unpaired) electrons. The van der Waals surface area contributed by atoms with E-state index < -0.39 is 5.54 Å². The third-order valence-corrected chi connectivity index (χ3v) is 4.64. The first-order chi connectivity index (χ1) is 12.9. The van der Waals surface area contributed by atoms with E-state index in [-0.39, 0.29) is 5.91 Å². The molecule has 1 aliphatic rings. The smallest absolute Gasteiger partial charge is 0.230 e. The van der Waals surface area contributed by atoms with E-state index in [4.69, 9.17) is 11.6 Å². The van der Waals surface area contributed by atoms with E-state index in [0.717, 1.165) is 28.2 Å². The second-order valence-electron chi connectivity index (χ2n) is 6.82. The van der Waals surface area contributed by atoms with Crippen LogP contribution in [0.4, 0.5) is 11.6 Å². The normalized spacial score (nSPS) is 13.2. The number of nitrogens with zero attached hydrogens (tertiary/aromatic N) is 4. The van der Waals surface area contributed by atoms with Crippen LogP contribution in [0.2, 0.25) is 5.02 Å². The van der Waals surface area contributed by atoms with Crippen molar-refractivity contribution in [2.24, 2.45) is 0 Å². The third-order valence-electron chi connectivity index (χ3n) is 4.33. The summed E-state index contributed by atoms with van der Waals surface area (Å²) in [5, 5.41) is 6.64. The van der Waals surface area contributed by atoms with Crippen LogP contribution in [0.3, 0.4) is 0 Å². The molecule has 8 heteroatoms. The summed E-state index contributed by atoms with van der Waals surface area (Å²) in [4.78, 5) is 29.0. The molecule has 3 aromatic heterocycles. The quantitative estimate of drug-likeness (QED) is 0.720. The highest BCUT2D eigenvalue weighted by Crippen LogP contribution is 2.29. The lowest BCUT2D eigenvalue weighted by Gasteiger charge is -2.26. The summed E-state index contributed by atoms with van der Waals surface area (Å²) in [6.45, 7) is 3.93. The van der Waals surface area contributed by atoms with Crippen molar-refractivity contribution in [3.63, 3.8) is 0 Å². The van der Waals surface area contributed by atoms with Crippen molar-refractivity contribution in [3.05, 3.63) is 59.4 Å². The highest BCUT2D eigenvalue weighted by atomic mass is 35.5. The topological polar surface area (TPSA) is 92.7 Å². The predicted octanol–water partition coefficient (Wildman–Crippen LogP) is 3.43. The van der Waals surface area contributed by atoms with Gasteiger partial charge in [0.1, 0.15) is 0 Å². The van der Waals surface area contributed by atoms with Crippen LogP contribution >= 0.6 is 11.6 Å². The molecule has 1 aliphatic heterocycles. The lowest BCUT2D eigenvalue weighted by molar-refractivity contribution is -0.115. The maximum atomic E-state index is 11.5. The largest absolute Gasteiger partial charge is 0.344 e. The zero-order valence-corrected chi connectivity index (χ0v) is 15.6. The first kappa shape index (κ1) is 17.4. The van der Waals surface area contributed by atoms with Gasteiger partial charge in [-0.1, -0.05) is 11.6 Å². The SMILES string of the molecule is CC(C)(Nc1ncc(-c2cnc3c(c2)NC(=O)C3)cn1)c1ncccc1Cl. The van der Waals surface area contributed by atoms with Crippen LogP contribution in [0.5, 0.6) is 0 Å². The Hall–Kier alpha value is -3.06. The summed E-state index contributed by atoms with van der Waals surface area (Å²) in [5.41, 5.74) is 3.33. The Balaban J connectivity index is 1.55. The lowest BCUT2D eigenvalue weighted by Crippen LogP contribution is -2.30. The Labute approximate surface area is 161 Å². The van der Waals surface area contributed by atoms with Crippen molar-refractivity contribution in [1.29, 1.82) is 0 Å². The van der Waals surface area contributed by atoms with Gasteiger partial charge in [-0.3, -0.25) is 14.8 Å². The molecule has 4 rings (SSSR count). The van der Waals surface area contributed by atoms with Crippen LogP contribution in [0, 0.1) is 0 Å². The van der Waals surface area contributed by atoms with Gasteiger partial charge in [0.05, 0.1) is 34.1 Å². The Morgan fingerprint density at radius 2 is 1.85 bits per heavy atom. The Morgan fingerprint density at radius 1 is 1.11 bits per heavy atom. The first-order valence-electron chi connectivity index (χ1n) is 8.43. The molecule has 27 heavy (non-hydrogen) atoms. The average Bonchev–Trinajstić information content (AvgIpc) is 3.01. The minimum absolute atomic E-state index is 0.0409. The number of hydrogen-bond donors (Lipinski definition) is 2. The molecule has 0 aromatic carbocycles. The number of nitrogens with one attached hydrogen (secondary N) is 2. The van der Waals surface area contributed by atoms with Crippen molar-refractivity contribution < 1.29 is 4.79 Å². The minimum Gasteiger partial charge on any atom is -0.344 e. The molecule has 3 aromatic rings. The van der Waals surface area contributed by atoms with Gasteiger partial charge in [0.15, 0.2) is 0 Å². The molecule has 0 saturated heterocycles. The summed E-state index contributed by atoms with van der Waals surface area (Å²) in [7, 11) is 0. The maximum absolute atomic E-state index is 11.5. The molecule has 2 N–H and O–H groups in total. The van der Waals surface area contributed by atoms with Crippen molar-refractivity contribution >= 4 is 29.1 Å². The minimum atomic E-state index is -0.542. The molecule has 0 unspecified atom stereocenters. The number of anilines is 2. The number of hydrogen-bond acceptors (Lipinski definition) is 6. The van der Waals surface area contributed by atoms with E-state index in [0.29, 0.717) is 17.4 Å². The molecule has 0 fully saturated rings. The molecule has 4 heterocycles. The van der Waals surface area contributed by atoms with E-state index >= 15 is 0 Å². The summed E-state index contributed by atoms with van der Waals surface area (Å²) in [6.07, 6.45) is 7.17. The van der Waals surface area contributed by atoms with Crippen LogP contribution in [0.25, 0.3) is 11.1 Å². The molecule has 7 nitrogen and oxygen atoms in total. The van der Waals surface area contributed by atoms with Crippen molar-refractivity contribution in [2.45, 2.75) is 25.8 Å². The Kier molecular flexibility index (Phi) is 4.24. The highest BCUT2D eigenvalue weighted by Gasteiger charge is 2.25. The number of pyridine rings is 2. The summed E-state index contributed by atoms with van der Waals surface area (Å²) in [5.74, 6) is 0.425. The zero-order chi connectivity index (χ0) is 19.0. The highest BCUT2D eigenvalue weighted by molar-refractivity contribution is 6.31. The van der Waals surface area contributed by atoms with Crippen LogP contribution < -0.4 is 10.6 Å². The standard InChI is InChI=1S/C19H17ClN6O/c1-19(2,17-13(20)4-3-5-21-17)26-18-23-9-12(10-24-18)11-6-15-14(22-8-11)7-16(27)25-15/h3-6,8-10H,7H2,1-2H3,(H,25,27)(H,23,24,26). The fraction of sp³-hybridized carbons (Fsp3) is 0.211. The second-order valence-corrected chi connectivity index (χ2v) is 7.23. The number of aromatic nitrogens is 4. The Morgan fingerprint density at radius 3 is 2.59 bits per heavy atom. The third kappa shape index (κ3) is 3.46. The van der Waals surface area contributed by atoms with Gasteiger partial charge in [-0.2, -0.15) is 0 Å². The average molecular weight is 381 g/mol. The summed E-state index contributed by atoms with van der Waals surface area (Å²) < 4.78 is 0. The molecular weight excluding hydrogens is 364 g/mol. The predicted molar refractivity (Wildman–Crippen MR) is 103 cm³/mol. The lowest BCUT2D eigenvalue weighted by atomic mass is 10.00. The van der Waals surface area contributed by atoms with Gasteiger partial charge < -0.3 is 10.6 Å². The number of fused-ring (bicyclic) bond motifs is 1. The van der Waals surface area contributed by atoms with Crippen LogP contribution in [-0.2, 0) is 16.8 Å². The van der Waals surface area contributed by atoms with Crippen LogP contribution in [-0.4, -0.2) is 25.8 Å². The van der Waals surface area contributed by atoms with Gasteiger partial charge >= 0.3 is 0 Å². The fourth-order valence-electron chi connectivity index (χ4n) is 2.97. The molecule has 136 valence electrons. The fourth-order valence-corrected chi connectivity index (χ4v) is 3.33. The van der Waals surface area contributed by atoms with Crippen molar-refractivity contribution in [2.75, 3.05) is 10.6 Å². The van der Waals surface area contributed by atoms with Crippen LogP contribution in [0.15, 0.2) is 43.0 Å². The number of rotatable bonds is 4. The van der Waals surface area contributed by atoms with Gasteiger partial charge in [0, 0.05) is 35.9 Å². The molecule has 0 aliphatic carbocycles. The van der Waals surface area contributed by atoms with Gasteiger partial charge in [0.25, 0.3) is 0 Å². The number of amides is 1.